The number of halogens is 1. The molecule has 3 nitrogen and oxygen atoms in total. The first kappa shape index (κ1) is 14.7. The lowest BCUT2D eigenvalue weighted by molar-refractivity contribution is 0.0785. The summed E-state index contributed by atoms with van der Waals surface area (Å²) >= 11 is 0. The van der Waals surface area contributed by atoms with Crippen LogP contribution in [0.4, 0.5) is 4.39 Å². The first-order valence-electron chi connectivity index (χ1n) is 6.52. The molecular weight excluding hydrogens is 267 g/mol. The van der Waals surface area contributed by atoms with Crippen LogP contribution in [0.3, 0.4) is 0 Å². The summed E-state index contributed by atoms with van der Waals surface area (Å²) < 4.78 is 13.2. The maximum Gasteiger partial charge on any atom is 0.253 e. The second-order valence-electron chi connectivity index (χ2n) is 4.93. The Labute approximate surface area is 123 Å². The molecule has 0 heterocycles. The molecule has 21 heavy (non-hydrogen) atoms. The smallest absolute Gasteiger partial charge is 0.253 e. The number of nitriles is 1. The Morgan fingerprint density at radius 3 is 2.48 bits per heavy atom. The van der Waals surface area contributed by atoms with Gasteiger partial charge in [0.2, 0.25) is 0 Å². The summed E-state index contributed by atoms with van der Waals surface area (Å²) in [6.07, 6.45) is 0. The molecule has 1 amide bonds. The topological polar surface area (TPSA) is 44.1 Å². The van der Waals surface area contributed by atoms with E-state index < -0.39 is 0 Å². The van der Waals surface area contributed by atoms with E-state index in [2.05, 4.69) is 6.07 Å². The van der Waals surface area contributed by atoms with Crippen LogP contribution in [-0.2, 0) is 6.54 Å². The maximum absolute atomic E-state index is 13.2. The molecule has 0 unspecified atom stereocenters. The number of rotatable bonds is 3. The van der Waals surface area contributed by atoms with Crippen LogP contribution in [-0.4, -0.2) is 17.9 Å². The molecule has 0 bridgehead atoms. The lowest BCUT2D eigenvalue weighted by atomic mass is 10.1. The third kappa shape index (κ3) is 3.46. The van der Waals surface area contributed by atoms with Crippen molar-refractivity contribution in [2.24, 2.45) is 0 Å². The monoisotopic (exact) mass is 282 g/mol. The van der Waals surface area contributed by atoms with E-state index in [0.29, 0.717) is 23.2 Å². The number of benzene rings is 2. The Bertz CT molecular complexity index is 702. The molecule has 0 aliphatic heterocycles. The summed E-state index contributed by atoms with van der Waals surface area (Å²) in [6, 6.07) is 13.5. The zero-order chi connectivity index (χ0) is 15.4. The van der Waals surface area contributed by atoms with E-state index in [9.17, 15) is 9.18 Å². The third-order valence-electron chi connectivity index (χ3n) is 3.25. The SMILES string of the molecule is Cc1cc(C(=O)N(C)Cc2ccc(C#N)cc2)ccc1F. The van der Waals surface area contributed by atoms with Crippen LogP contribution >= 0.6 is 0 Å². The van der Waals surface area contributed by atoms with Crippen molar-refractivity contribution in [1.29, 1.82) is 5.26 Å². The van der Waals surface area contributed by atoms with Crippen molar-refractivity contribution >= 4 is 5.91 Å². The summed E-state index contributed by atoms with van der Waals surface area (Å²) in [4.78, 5) is 13.9. The van der Waals surface area contributed by atoms with Crippen LogP contribution in [0.1, 0.15) is 27.0 Å². The van der Waals surface area contributed by atoms with Gasteiger partial charge >= 0.3 is 0 Å². The van der Waals surface area contributed by atoms with Crippen LogP contribution in [0, 0.1) is 24.1 Å². The van der Waals surface area contributed by atoms with Crippen LogP contribution in [0.5, 0.6) is 0 Å². The highest BCUT2D eigenvalue weighted by molar-refractivity contribution is 5.94. The second-order valence-corrected chi connectivity index (χ2v) is 4.93. The largest absolute Gasteiger partial charge is 0.337 e. The van der Waals surface area contributed by atoms with Gasteiger partial charge in [-0.2, -0.15) is 5.26 Å². The summed E-state index contributed by atoms with van der Waals surface area (Å²) in [5.74, 6) is -0.483. The van der Waals surface area contributed by atoms with Gasteiger partial charge in [0.25, 0.3) is 5.91 Å². The maximum atomic E-state index is 13.2. The molecule has 0 aliphatic carbocycles. The normalized spacial score (nSPS) is 10.0. The Morgan fingerprint density at radius 1 is 1.24 bits per heavy atom. The summed E-state index contributed by atoms with van der Waals surface area (Å²) in [5, 5.41) is 8.75. The van der Waals surface area contributed by atoms with E-state index >= 15 is 0 Å². The van der Waals surface area contributed by atoms with Crippen LogP contribution in [0.2, 0.25) is 0 Å². The Kier molecular flexibility index (Phi) is 4.34. The van der Waals surface area contributed by atoms with E-state index in [1.807, 2.05) is 12.1 Å². The summed E-state index contributed by atoms with van der Waals surface area (Å²) in [5.41, 5.74) is 2.43. The van der Waals surface area contributed by atoms with Gasteiger partial charge in [-0.1, -0.05) is 12.1 Å². The summed E-state index contributed by atoms with van der Waals surface area (Å²) in [7, 11) is 1.69. The number of aryl methyl sites for hydroxylation is 1. The predicted octanol–water partition coefficient (Wildman–Crippen LogP) is 3.28. The van der Waals surface area contributed by atoms with E-state index in [4.69, 9.17) is 5.26 Å². The van der Waals surface area contributed by atoms with Crippen LogP contribution in [0.25, 0.3) is 0 Å². The molecular formula is C17H15FN2O. The molecule has 2 aromatic rings. The number of hydrogen-bond acceptors (Lipinski definition) is 2. The highest BCUT2D eigenvalue weighted by Gasteiger charge is 2.13. The van der Waals surface area contributed by atoms with Gasteiger partial charge in [-0.15, -0.1) is 0 Å². The van der Waals surface area contributed by atoms with Crippen molar-refractivity contribution in [2.45, 2.75) is 13.5 Å². The molecule has 0 aliphatic rings. The van der Waals surface area contributed by atoms with Gasteiger partial charge in [0.05, 0.1) is 11.6 Å². The lowest BCUT2D eigenvalue weighted by Crippen LogP contribution is -2.26. The van der Waals surface area contributed by atoms with Crippen molar-refractivity contribution in [3.05, 3.63) is 70.5 Å². The van der Waals surface area contributed by atoms with Crippen LogP contribution in [0.15, 0.2) is 42.5 Å². The van der Waals surface area contributed by atoms with Crippen molar-refractivity contribution in [1.82, 2.24) is 4.90 Å². The van der Waals surface area contributed by atoms with E-state index in [-0.39, 0.29) is 11.7 Å². The molecule has 4 heteroatoms. The predicted molar refractivity (Wildman–Crippen MR) is 78.1 cm³/mol. The minimum Gasteiger partial charge on any atom is -0.337 e. The Hall–Kier alpha value is -2.67. The molecule has 0 aromatic heterocycles. The highest BCUT2D eigenvalue weighted by Crippen LogP contribution is 2.13. The first-order chi connectivity index (χ1) is 10.0. The zero-order valence-electron chi connectivity index (χ0n) is 11.9. The lowest BCUT2D eigenvalue weighted by Gasteiger charge is -2.17. The van der Waals surface area contributed by atoms with Crippen molar-refractivity contribution < 1.29 is 9.18 Å². The highest BCUT2D eigenvalue weighted by atomic mass is 19.1. The van der Waals surface area contributed by atoms with Crippen molar-refractivity contribution in [3.63, 3.8) is 0 Å². The van der Waals surface area contributed by atoms with Gasteiger partial charge in [0, 0.05) is 19.2 Å². The molecule has 106 valence electrons. The van der Waals surface area contributed by atoms with Gasteiger partial charge in [0.15, 0.2) is 0 Å². The number of carbonyl (C=O) groups excluding carboxylic acids is 1. The minimum absolute atomic E-state index is 0.164. The molecule has 0 fully saturated rings. The number of nitrogens with zero attached hydrogens (tertiary/aromatic N) is 2. The first-order valence-corrected chi connectivity index (χ1v) is 6.52. The quantitative estimate of drug-likeness (QED) is 0.867. The fourth-order valence-corrected chi connectivity index (χ4v) is 2.03. The van der Waals surface area contributed by atoms with E-state index in [0.717, 1.165) is 5.56 Å². The van der Waals surface area contributed by atoms with Gasteiger partial charge in [0.1, 0.15) is 5.82 Å². The number of hydrogen-bond donors (Lipinski definition) is 0. The Morgan fingerprint density at radius 2 is 1.90 bits per heavy atom. The molecule has 0 radical (unpaired) electrons. The van der Waals surface area contributed by atoms with Gasteiger partial charge in [-0.3, -0.25) is 4.79 Å². The average molecular weight is 282 g/mol. The van der Waals surface area contributed by atoms with Gasteiger partial charge in [-0.05, 0) is 48.4 Å². The van der Waals surface area contributed by atoms with Crippen LogP contribution < -0.4 is 0 Å². The molecule has 0 saturated heterocycles. The fraction of sp³-hybridized carbons (Fsp3) is 0.176. The molecule has 0 N–H and O–H groups in total. The molecule has 2 aromatic carbocycles. The molecule has 0 atom stereocenters. The minimum atomic E-state index is -0.318. The van der Waals surface area contributed by atoms with E-state index in [1.165, 1.54) is 12.1 Å². The van der Waals surface area contributed by atoms with Gasteiger partial charge in [-0.25, -0.2) is 4.39 Å². The molecule has 2 rings (SSSR count). The standard InChI is InChI=1S/C17H15FN2O/c1-12-9-15(7-8-16(12)18)17(21)20(2)11-14-5-3-13(10-19)4-6-14/h3-9H,11H2,1-2H3. The second kappa shape index (κ2) is 6.19. The Balaban J connectivity index is 2.11. The summed E-state index contributed by atoms with van der Waals surface area (Å²) in [6.45, 7) is 2.06. The van der Waals surface area contributed by atoms with Gasteiger partial charge < -0.3 is 4.90 Å². The zero-order valence-corrected chi connectivity index (χ0v) is 11.9. The average Bonchev–Trinajstić information content (AvgIpc) is 2.50. The number of carbonyl (C=O) groups is 1. The van der Waals surface area contributed by atoms with Crippen molar-refractivity contribution in [3.8, 4) is 6.07 Å². The van der Waals surface area contributed by atoms with E-state index in [1.54, 1.807) is 37.1 Å². The third-order valence-corrected chi connectivity index (χ3v) is 3.25. The molecule has 0 spiro atoms. The van der Waals surface area contributed by atoms with Crippen molar-refractivity contribution in [2.75, 3.05) is 7.05 Å². The molecule has 0 saturated carbocycles. The number of amides is 1. The fourth-order valence-electron chi connectivity index (χ4n) is 2.03.